The van der Waals surface area contributed by atoms with Gasteiger partial charge in [-0.1, -0.05) is 44.0 Å². The molecule has 1 aromatic carbocycles. The number of rotatable bonds is 4. The average Bonchev–Trinajstić information content (AvgIpc) is 2.41. The van der Waals surface area contributed by atoms with Crippen molar-refractivity contribution in [1.82, 2.24) is 0 Å². The van der Waals surface area contributed by atoms with Crippen LogP contribution < -0.4 is 5.32 Å². The van der Waals surface area contributed by atoms with Gasteiger partial charge in [-0.15, -0.1) is 0 Å². The second kappa shape index (κ2) is 6.04. The summed E-state index contributed by atoms with van der Waals surface area (Å²) in [5.41, 5.74) is -0.181. The van der Waals surface area contributed by atoms with Crippen molar-refractivity contribution in [2.24, 2.45) is 11.8 Å². The highest BCUT2D eigenvalue weighted by molar-refractivity contribution is 6.33. The van der Waals surface area contributed by atoms with E-state index in [2.05, 4.69) is 19.2 Å². The van der Waals surface area contributed by atoms with Crippen molar-refractivity contribution in [3.05, 3.63) is 29.3 Å². The quantitative estimate of drug-likeness (QED) is 0.864. The molecular formula is C16H22ClNO2. The van der Waals surface area contributed by atoms with E-state index in [1.165, 1.54) is 0 Å². The van der Waals surface area contributed by atoms with E-state index < -0.39 is 11.5 Å². The van der Waals surface area contributed by atoms with Crippen LogP contribution in [0.15, 0.2) is 24.3 Å². The predicted octanol–water partition coefficient (Wildman–Crippen LogP) is 4.42. The monoisotopic (exact) mass is 295 g/mol. The molecule has 0 saturated heterocycles. The minimum atomic E-state index is -0.891. The third-order valence-corrected chi connectivity index (χ3v) is 4.72. The number of nitrogens with one attached hydrogen (secondary N) is 1. The zero-order valence-corrected chi connectivity index (χ0v) is 12.8. The number of benzene rings is 1. The summed E-state index contributed by atoms with van der Waals surface area (Å²) in [5, 5.41) is 13.5. The maximum atomic E-state index is 11.9. The molecule has 4 heteroatoms. The Hall–Kier alpha value is -1.22. The van der Waals surface area contributed by atoms with Crippen LogP contribution in [0, 0.1) is 11.8 Å². The second-order valence-electron chi connectivity index (χ2n) is 6.09. The fraction of sp³-hybridized carbons (Fsp3) is 0.562. The van der Waals surface area contributed by atoms with E-state index in [1.807, 2.05) is 18.2 Å². The van der Waals surface area contributed by atoms with Crippen LogP contribution in [0.3, 0.4) is 0 Å². The molecule has 1 aliphatic carbocycles. The van der Waals surface area contributed by atoms with Gasteiger partial charge < -0.3 is 10.4 Å². The van der Waals surface area contributed by atoms with Crippen LogP contribution in [-0.2, 0) is 4.79 Å². The lowest BCUT2D eigenvalue weighted by Gasteiger charge is -2.40. The molecule has 2 rings (SSSR count). The van der Waals surface area contributed by atoms with Gasteiger partial charge in [-0.25, -0.2) is 4.79 Å². The number of carboxylic acids is 1. The fourth-order valence-corrected chi connectivity index (χ4v) is 3.25. The van der Waals surface area contributed by atoms with Crippen molar-refractivity contribution < 1.29 is 9.90 Å². The van der Waals surface area contributed by atoms with Gasteiger partial charge in [0.25, 0.3) is 0 Å². The first-order chi connectivity index (χ1) is 9.44. The number of halogens is 1. The molecule has 0 heterocycles. The number of carbonyl (C=O) groups is 1. The van der Waals surface area contributed by atoms with E-state index in [1.54, 1.807) is 6.07 Å². The molecule has 2 unspecified atom stereocenters. The molecule has 0 spiro atoms. The standard InChI is InChI=1S/C16H22ClNO2/c1-11(2)12-6-5-9-16(10-12,15(19)20)18-14-8-4-3-7-13(14)17/h3-4,7-8,11-12,18H,5-6,9-10H2,1-2H3,(H,19,20). The molecule has 0 bridgehead atoms. The summed E-state index contributed by atoms with van der Waals surface area (Å²) in [7, 11) is 0. The first kappa shape index (κ1) is 15.2. The highest BCUT2D eigenvalue weighted by Crippen LogP contribution is 2.39. The Balaban J connectivity index is 2.26. The molecule has 0 amide bonds. The maximum absolute atomic E-state index is 11.9. The Morgan fingerprint density at radius 3 is 2.75 bits per heavy atom. The summed E-state index contributed by atoms with van der Waals surface area (Å²) in [4.78, 5) is 11.9. The summed E-state index contributed by atoms with van der Waals surface area (Å²) >= 11 is 6.15. The lowest BCUT2D eigenvalue weighted by Crippen LogP contribution is -2.50. The molecule has 1 aliphatic rings. The lowest BCUT2D eigenvalue weighted by molar-refractivity contribution is -0.144. The molecule has 1 fully saturated rings. The van der Waals surface area contributed by atoms with E-state index in [0.717, 1.165) is 12.8 Å². The Morgan fingerprint density at radius 1 is 1.45 bits per heavy atom. The number of aliphatic carboxylic acids is 1. The van der Waals surface area contributed by atoms with E-state index >= 15 is 0 Å². The Morgan fingerprint density at radius 2 is 2.15 bits per heavy atom. The minimum Gasteiger partial charge on any atom is -0.480 e. The fourth-order valence-electron chi connectivity index (χ4n) is 3.07. The van der Waals surface area contributed by atoms with Gasteiger partial charge in [0.05, 0.1) is 10.7 Å². The molecule has 2 atom stereocenters. The lowest BCUT2D eigenvalue weighted by atomic mass is 9.71. The van der Waals surface area contributed by atoms with Gasteiger partial charge in [0.15, 0.2) is 0 Å². The van der Waals surface area contributed by atoms with Gasteiger partial charge in [0.1, 0.15) is 5.54 Å². The number of hydrogen-bond donors (Lipinski definition) is 2. The summed E-state index contributed by atoms with van der Waals surface area (Å²) < 4.78 is 0. The Bertz CT molecular complexity index is 489. The zero-order valence-electron chi connectivity index (χ0n) is 12.0. The first-order valence-electron chi connectivity index (χ1n) is 7.21. The predicted molar refractivity (Wildman–Crippen MR) is 82.2 cm³/mol. The second-order valence-corrected chi connectivity index (χ2v) is 6.50. The molecular weight excluding hydrogens is 274 g/mol. The molecule has 2 N–H and O–H groups in total. The highest BCUT2D eigenvalue weighted by Gasteiger charge is 2.43. The third-order valence-electron chi connectivity index (χ3n) is 4.39. The van der Waals surface area contributed by atoms with Crippen LogP contribution in [0.25, 0.3) is 0 Å². The topological polar surface area (TPSA) is 49.3 Å². The van der Waals surface area contributed by atoms with Gasteiger partial charge in [-0.05, 0) is 43.2 Å². The molecule has 0 radical (unpaired) electrons. The van der Waals surface area contributed by atoms with E-state index in [-0.39, 0.29) is 0 Å². The molecule has 20 heavy (non-hydrogen) atoms. The summed E-state index contributed by atoms with van der Waals surface area (Å²) in [6.45, 7) is 4.33. The van der Waals surface area contributed by atoms with Crippen LogP contribution in [0.4, 0.5) is 5.69 Å². The van der Waals surface area contributed by atoms with Crippen molar-refractivity contribution in [2.45, 2.75) is 45.1 Å². The summed E-state index contributed by atoms with van der Waals surface area (Å²) in [6.07, 6.45) is 3.35. The number of hydrogen-bond acceptors (Lipinski definition) is 2. The van der Waals surface area contributed by atoms with E-state index in [4.69, 9.17) is 11.6 Å². The highest BCUT2D eigenvalue weighted by atomic mass is 35.5. The zero-order chi connectivity index (χ0) is 14.8. The van der Waals surface area contributed by atoms with Crippen molar-refractivity contribution >= 4 is 23.3 Å². The summed E-state index contributed by atoms with van der Waals surface area (Å²) in [6, 6.07) is 7.33. The van der Waals surface area contributed by atoms with Crippen molar-refractivity contribution in [1.29, 1.82) is 0 Å². The molecule has 1 aromatic rings. The van der Waals surface area contributed by atoms with Gasteiger partial charge in [-0.2, -0.15) is 0 Å². The normalized spacial score (nSPS) is 26.5. The number of carboxylic acid groups (broad SMARTS) is 1. The van der Waals surface area contributed by atoms with Crippen LogP contribution in [0.2, 0.25) is 5.02 Å². The van der Waals surface area contributed by atoms with Gasteiger partial charge in [0.2, 0.25) is 0 Å². The smallest absolute Gasteiger partial charge is 0.329 e. The first-order valence-corrected chi connectivity index (χ1v) is 7.58. The molecule has 0 aromatic heterocycles. The molecule has 0 aliphatic heterocycles. The van der Waals surface area contributed by atoms with E-state index in [9.17, 15) is 9.90 Å². The molecule has 110 valence electrons. The largest absolute Gasteiger partial charge is 0.480 e. The third kappa shape index (κ3) is 3.09. The van der Waals surface area contributed by atoms with Crippen molar-refractivity contribution in [2.75, 3.05) is 5.32 Å². The number of para-hydroxylation sites is 1. The van der Waals surface area contributed by atoms with Crippen LogP contribution in [0.5, 0.6) is 0 Å². The van der Waals surface area contributed by atoms with Crippen molar-refractivity contribution in [3.8, 4) is 0 Å². The SMILES string of the molecule is CC(C)C1CCCC(Nc2ccccc2Cl)(C(=O)O)C1. The number of anilines is 1. The van der Waals surface area contributed by atoms with E-state index in [0.29, 0.717) is 35.4 Å². The minimum absolute atomic E-state index is 0.440. The van der Waals surface area contributed by atoms with Crippen LogP contribution in [-0.4, -0.2) is 16.6 Å². The Labute approximate surface area is 125 Å². The maximum Gasteiger partial charge on any atom is 0.329 e. The van der Waals surface area contributed by atoms with Crippen LogP contribution in [0.1, 0.15) is 39.5 Å². The summed E-state index contributed by atoms with van der Waals surface area (Å²) in [5.74, 6) is 0.166. The Kier molecular flexibility index (Phi) is 4.59. The average molecular weight is 296 g/mol. The molecule has 1 saturated carbocycles. The van der Waals surface area contributed by atoms with Crippen molar-refractivity contribution in [3.63, 3.8) is 0 Å². The van der Waals surface area contributed by atoms with Gasteiger partial charge in [-0.3, -0.25) is 0 Å². The molecule has 3 nitrogen and oxygen atoms in total. The van der Waals surface area contributed by atoms with Gasteiger partial charge in [0, 0.05) is 0 Å². The van der Waals surface area contributed by atoms with Crippen LogP contribution >= 0.6 is 11.6 Å². The van der Waals surface area contributed by atoms with Gasteiger partial charge >= 0.3 is 5.97 Å².